The molecule has 0 saturated heterocycles. The first-order valence-corrected chi connectivity index (χ1v) is 8.04. The molecule has 0 fully saturated rings. The molecular formula is C10H14ClK2N3O9Ru. The molecule has 0 aliphatic heterocycles. The van der Waals surface area contributed by atoms with Gasteiger partial charge in [-0.15, -0.1) is 4.91 Å². The third-order valence-corrected chi connectivity index (χ3v) is 2.16. The van der Waals surface area contributed by atoms with Gasteiger partial charge >= 0.3 is 142 Å². The zero-order valence-electron chi connectivity index (χ0n) is 14.1. The van der Waals surface area contributed by atoms with Crippen LogP contribution >= 0.6 is 9.69 Å². The summed E-state index contributed by atoms with van der Waals surface area (Å²) in [6.07, 6.45) is 0. The molecule has 0 saturated carbocycles. The van der Waals surface area contributed by atoms with Gasteiger partial charge in [0.1, 0.15) is 5.59 Å². The first-order chi connectivity index (χ1) is 11.2. The maximum atomic E-state index is 10.5. The number of carbonyl (C=O) groups excluding carboxylic acids is 2. The Labute approximate surface area is 248 Å². The molecule has 2 N–H and O–H groups in total. The van der Waals surface area contributed by atoms with E-state index in [1.54, 1.807) is 0 Å². The van der Waals surface area contributed by atoms with Crippen molar-refractivity contribution < 1.29 is 160 Å². The topological polar surface area (TPSA) is 201 Å². The van der Waals surface area contributed by atoms with Crippen LogP contribution in [0.2, 0.25) is 0 Å². The standard InChI is InChI=1S/C10H16N2O8.ClH.2K.NO.Ru/c13-7(14)3-11(4-8(15)16)1-2-12(5-9(17)18)6-10(19)20;;;;1-2;/h1-6H2,(H,13,14)(H,15,16)(H,17,18)(H,19,20);1H;;;;/q;;2*+1;;+1/p-3. The van der Waals surface area contributed by atoms with Gasteiger partial charge in [0.05, 0.1) is 25.0 Å². The molecule has 0 amide bonds. The van der Waals surface area contributed by atoms with Crippen molar-refractivity contribution in [2.75, 3.05) is 39.3 Å². The molecule has 0 rings (SSSR count). The van der Waals surface area contributed by atoms with Crippen molar-refractivity contribution in [3.05, 3.63) is 4.91 Å². The second-order valence-corrected chi connectivity index (χ2v) is 3.95. The number of carbonyl (C=O) groups is 4. The minimum atomic E-state index is -1.49. The van der Waals surface area contributed by atoms with Gasteiger partial charge in [-0.05, 0) is 0 Å². The first kappa shape index (κ1) is 38.2. The Balaban J connectivity index is -0.000000227. The maximum absolute atomic E-state index is 10.5. The Hall–Kier alpha value is 1.59. The number of carboxylic acid groups (broad SMARTS) is 4. The Morgan fingerprint density at radius 1 is 0.769 bits per heavy atom. The van der Waals surface area contributed by atoms with E-state index in [-0.39, 0.29) is 116 Å². The van der Waals surface area contributed by atoms with E-state index in [1.165, 1.54) is 0 Å². The summed E-state index contributed by atoms with van der Waals surface area (Å²) in [4.78, 5) is 51.1. The summed E-state index contributed by atoms with van der Waals surface area (Å²) in [6, 6.07) is 0. The van der Waals surface area contributed by atoms with E-state index in [2.05, 4.69) is 9.69 Å². The summed E-state index contributed by atoms with van der Waals surface area (Å²) in [6.45, 7) is -2.75. The Morgan fingerprint density at radius 2 is 1.00 bits per heavy atom. The van der Waals surface area contributed by atoms with Crippen molar-refractivity contribution >= 4 is 33.6 Å². The summed E-state index contributed by atoms with van der Waals surface area (Å²) in [7, 11) is 4.57. The zero-order valence-corrected chi connectivity index (χ0v) is 22.8. The average Bonchev–Trinajstić information content (AvgIpc) is 2.46. The number of nitroso groups, excluding NO2 is 1. The molecule has 26 heavy (non-hydrogen) atoms. The van der Waals surface area contributed by atoms with Crippen LogP contribution in [0.25, 0.3) is 0 Å². The minimum Gasteiger partial charge on any atom is -0.120 e. The fraction of sp³-hybridized carbons (Fsp3) is 0.600. The predicted octanol–water partition coefficient (Wildman–Crippen LogP) is -10.5. The number of nitrogens with zero attached hydrogens (tertiary/aromatic N) is 3. The van der Waals surface area contributed by atoms with Gasteiger partial charge in [-0.25, -0.2) is 0 Å². The van der Waals surface area contributed by atoms with Crippen LogP contribution in [0.5, 0.6) is 0 Å². The molecule has 0 aliphatic rings. The molecule has 0 aliphatic carbocycles. The van der Waals surface area contributed by atoms with E-state index < -0.39 is 50.1 Å². The number of hydrogen-bond acceptors (Lipinski definition) is 9. The normalized spacial score (nSPS) is 8.62. The average molecular weight is 535 g/mol. The van der Waals surface area contributed by atoms with Crippen LogP contribution in [-0.4, -0.2) is 83.2 Å². The van der Waals surface area contributed by atoms with E-state index >= 15 is 0 Å². The van der Waals surface area contributed by atoms with Crippen molar-refractivity contribution in [2.45, 2.75) is 0 Å². The zero-order chi connectivity index (χ0) is 19.7. The third kappa shape index (κ3) is 30.3. The summed E-state index contributed by atoms with van der Waals surface area (Å²) in [5.41, 5.74) is 5.75. The molecule has 0 aromatic heterocycles. The quantitative estimate of drug-likeness (QED) is 0.238. The number of halogens is 1. The fourth-order valence-corrected chi connectivity index (χ4v) is 1.46. The van der Waals surface area contributed by atoms with Gasteiger partial charge in [0.25, 0.3) is 0 Å². The number of aliphatic carboxylic acids is 4. The number of hydrogen-bond donors (Lipinski definition) is 2. The van der Waals surface area contributed by atoms with E-state index in [1.807, 2.05) is 17.3 Å². The SMILES string of the molecule is O=C([O-])CN(CCN(CC(=O)[O-])CC(=O)O)CC(=O)O.[Cl][Ru].[K+].[K+].[N]=O. The van der Waals surface area contributed by atoms with Crippen LogP contribution in [0.15, 0.2) is 0 Å². The number of rotatable bonds is 11. The van der Waals surface area contributed by atoms with Gasteiger partial charge < -0.3 is 30.0 Å². The Morgan fingerprint density at radius 3 is 1.15 bits per heavy atom. The van der Waals surface area contributed by atoms with Crippen molar-refractivity contribution in [1.29, 1.82) is 0 Å². The van der Waals surface area contributed by atoms with Gasteiger partial charge in [-0.2, -0.15) is 0 Å². The largest absolute Gasteiger partial charge is 1.00 e. The molecule has 16 heteroatoms. The van der Waals surface area contributed by atoms with Crippen LogP contribution < -0.4 is 119 Å². The summed E-state index contributed by atoms with van der Waals surface area (Å²) in [5, 5.41) is 38.0. The van der Waals surface area contributed by atoms with Crippen molar-refractivity contribution in [3.8, 4) is 0 Å². The molecule has 140 valence electrons. The van der Waals surface area contributed by atoms with Gasteiger partial charge in [-0.1, -0.05) is 0 Å². The van der Waals surface area contributed by atoms with Crippen molar-refractivity contribution in [2.24, 2.45) is 0 Å². The van der Waals surface area contributed by atoms with Crippen LogP contribution in [0.3, 0.4) is 0 Å². The molecule has 0 heterocycles. The molecule has 0 unspecified atom stereocenters. The van der Waals surface area contributed by atoms with Crippen molar-refractivity contribution in [1.82, 2.24) is 15.4 Å². The van der Waals surface area contributed by atoms with E-state index in [0.717, 1.165) is 9.80 Å². The van der Waals surface area contributed by atoms with Gasteiger partial charge in [0.15, 0.2) is 0 Å². The number of carboxylic acids is 4. The van der Waals surface area contributed by atoms with E-state index in [0.29, 0.717) is 0 Å². The molecule has 0 atom stereocenters. The summed E-state index contributed by atoms with van der Waals surface area (Å²) in [5.74, 6) is -5.52. The summed E-state index contributed by atoms with van der Waals surface area (Å²) >= 11 is 1.82. The molecule has 12 nitrogen and oxygen atoms in total. The third-order valence-electron chi connectivity index (χ3n) is 2.16. The molecule has 1 radical (unpaired) electrons. The molecule has 0 aromatic rings. The Kier molecular flexibility index (Phi) is 39.1. The summed E-state index contributed by atoms with van der Waals surface area (Å²) < 4.78 is 0. The van der Waals surface area contributed by atoms with Crippen LogP contribution in [0, 0.1) is 4.91 Å². The van der Waals surface area contributed by atoms with Gasteiger partial charge in [0, 0.05) is 26.2 Å². The van der Waals surface area contributed by atoms with Crippen molar-refractivity contribution in [3.63, 3.8) is 0 Å². The Bertz CT molecular complexity index is 355. The maximum Gasteiger partial charge on any atom is 1.00 e. The monoisotopic (exact) mass is 535 g/mol. The smallest absolute Gasteiger partial charge is 0.120 e. The molecule has 0 bridgehead atoms. The predicted molar refractivity (Wildman–Crippen MR) is 69.5 cm³/mol. The van der Waals surface area contributed by atoms with Gasteiger partial charge in [-0.3, -0.25) is 19.4 Å². The van der Waals surface area contributed by atoms with Crippen LogP contribution in [0.1, 0.15) is 0 Å². The van der Waals surface area contributed by atoms with Gasteiger partial charge in [0.2, 0.25) is 0 Å². The first-order valence-electron chi connectivity index (χ1n) is 5.80. The second kappa shape index (κ2) is 26.6. The van der Waals surface area contributed by atoms with Crippen LogP contribution in [-0.2, 0) is 36.5 Å². The molecule has 0 spiro atoms. The molecule has 0 aromatic carbocycles. The fourth-order valence-electron chi connectivity index (χ4n) is 1.46. The minimum absolute atomic E-state index is 0. The van der Waals surface area contributed by atoms with E-state index in [4.69, 9.17) is 20.7 Å². The van der Waals surface area contributed by atoms with E-state index in [9.17, 15) is 29.4 Å². The van der Waals surface area contributed by atoms with Crippen LogP contribution in [0.4, 0.5) is 0 Å². The molecular weight excluding hydrogens is 521 g/mol. The second-order valence-electron chi connectivity index (χ2n) is 3.95.